The SMILES string of the molecule is CCCCCCCCCC(O)Cc1cccc(Cl)c1Cl. The van der Waals surface area contributed by atoms with Gasteiger partial charge in [-0.05, 0) is 24.5 Å². The monoisotopic (exact) mass is 316 g/mol. The van der Waals surface area contributed by atoms with Crippen LogP contribution in [0.5, 0.6) is 0 Å². The first-order chi connectivity index (χ1) is 9.65. The predicted octanol–water partition coefficient (Wildman–Crippen LogP) is 6.04. The Morgan fingerprint density at radius 2 is 1.65 bits per heavy atom. The molecule has 0 aliphatic carbocycles. The van der Waals surface area contributed by atoms with E-state index in [0.717, 1.165) is 18.4 Å². The van der Waals surface area contributed by atoms with Gasteiger partial charge in [0.1, 0.15) is 0 Å². The quantitative estimate of drug-likeness (QED) is 0.522. The topological polar surface area (TPSA) is 20.2 Å². The van der Waals surface area contributed by atoms with E-state index in [2.05, 4.69) is 6.92 Å². The first kappa shape index (κ1) is 17.8. The van der Waals surface area contributed by atoms with Crippen LogP contribution >= 0.6 is 23.2 Å². The van der Waals surface area contributed by atoms with Crippen molar-refractivity contribution in [3.8, 4) is 0 Å². The minimum atomic E-state index is -0.318. The van der Waals surface area contributed by atoms with Gasteiger partial charge in [0.25, 0.3) is 0 Å². The van der Waals surface area contributed by atoms with E-state index < -0.39 is 0 Å². The number of hydrogen-bond donors (Lipinski definition) is 1. The van der Waals surface area contributed by atoms with E-state index in [1.807, 2.05) is 12.1 Å². The summed E-state index contributed by atoms with van der Waals surface area (Å²) in [5.41, 5.74) is 0.939. The first-order valence-electron chi connectivity index (χ1n) is 7.76. The lowest BCUT2D eigenvalue weighted by atomic mass is 10.0. The summed E-state index contributed by atoms with van der Waals surface area (Å²) < 4.78 is 0. The smallest absolute Gasteiger partial charge is 0.0625 e. The summed E-state index contributed by atoms with van der Waals surface area (Å²) in [5.74, 6) is 0. The van der Waals surface area contributed by atoms with Gasteiger partial charge >= 0.3 is 0 Å². The molecule has 0 aliphatic rings. The van der Waals surface area contributed by atoms with Crippen molar-refractivity contribution in [3.05, 3.63) is 33.8 Å². The summed E-state index contributed by atoms with van der Waals surface area (Å²) in [6, 6.07) is 5.59. The molecule has 1 atom stereocenters. The Bertz CT molecular complexity index is 379. The molecule has 0 heterocycles. The number of aliphatic hydroxyl groups excluding tert-OH is 1. The Hall–Kier alpha value is -0.240. The van der Waals surface area contributed by atoms with Gasteiger partial charge in [0.2, 0.25) is 0 Å². The van der Waals surface area contributed by atoms with E-state index in [0.29, 0.717) is 16.5 Å². The average molecular weight is 317 g/mol. The van der Waals surface area contributed by atoms with E-state index in [1.54, 1.807) is 6.07 Å². The van der Waals surface area contributed by atoms with Crippen LogP contribution in [0.1, 0.15) is 63.9 Å². The number of aliphatic hydroxyl groups is 1. The minimum Gasteiger partial charge on any atom is -0.393 e. The maximum Gasteiger partial charge on any atom is 0.0625 e. The zero-order valence-corrected chi connectivity index (χ0v) is 13.9. The number of benzene rings is 1. The van der Waals surface area contributed by atoms with E-state index in [-0.39, 0.29) is 6.10 Å². The average Bonchev–Trinajstić information content (AvgIpc) is 2.43. The van der Waals surface area contributed by atoms with E-state index >= 15 is 0 Å². The van der Waals surface area contributed by atoms with Crippen LogP contribution in [0.4, 0.5) is 0 Å². The second-order valence-corrected chi connectivity index (χ2v) is 6.27. The van der Waals surface area contributed by atoms with Gasteiger partial charge in [-0.25, -0.2) is 0 Å². The molecule has 0 saturated heterocycles. The highest BCUT2D eigenvalue weighted by molar-refractivity contribution is 6.42. The molecule has 1 aromatic rings. The Kier molecular flexibility index (Phi) is 9.33. The molecule has 1 N–H and O–H groups in total. The van der Waals surface area contributed by atoms with Gasteiger partial charge in [-0.1, -0.05) is 87.2 Å². The molecule has 0 radical (unpaired) electrons. The molecule has 3 heteroatoms. The number of unbranched alkanes of at least 4 members (excludes halogenated alkanes) is 6. The molecule has 0 spiro atoms. The van der Waals surface area contributed by atoms with Crippen LogP contribution in [0.25, 0.3) is 0 Å². The Morgan fingerprint density at radius 1 is 1.00 bits per heavy atom. The molecule has 114 valence electrons. The van der Waals surface area contributed by atoms with Gasteiger partial charge in [0.15, 0.2) is 0 Å². The van der Waals surface area contributed by atoms with Gasteiger partial charge in [-0.15, -0.1) is 0 Å². The third-order valence-electron chi connectivity index (χ3n) is 3.63. The number of hydrogen-bond acceptors (Lipinski definition) is 1. The molecule has 0 bridgehead atoms. The summed E-state index contributed by atoms with van der Waals surface area (Å²) in [5, 5.41) is 11.2. The van der Waals surface area contributed by atoms with Crippen molar-refractivity contribution >= 4 is 23.2 Å². The second kappa shape index (κ2) is 10.5. The molecule has 1 aromatic carbocycles. The maximum absolute atomic E-state index is 10.1. The molecule has 1 rings (SSSR count). The number of rotatable bonds is 10. The van der Waals surface area contributed by atoms with Crippen LogP contribution in [0.15, 0.2) is 18.2 Å². The fourth-order valence-corrected chi connectivity index (χ4v) is 2.80. The van der Waals surface area contributed by atoms with Crippen molar-refractivity contribution in [2.75, 3.05) is 0 Å². The summed E-state index contributed by atoms with van der Waals surface area (Å²) in [7, 11) is 0. The molecule has 1 unspecified atom stereocenters. The Labute approximate surface area is 133 Å². The van der Waals surface area contributed by atoms with Crippen LogP contribution in [0.3, 0.4) is 0 Å². The molecule has 1 nitrogen and oxygen atoms in total. The Balaban J connectivity index is 2.17. The van der Waals surface area contributed by atoms with Crippen LogP contribution in [-0.4, -0.2) is 11.2 Å². The third kappa shape index (κ3) is 6.97. The van der Waals surface area contributed by atoms with E-state index in [9.17, 15) is 5.11 Å². The number of halogens is 2. The fourth-order valence-electron chi connectivity index (χ4n) is 2.40. The second-order valence-electron chi connectivity index (χ2n) is 5.48. The fraction of sp³-hybridized carbons (Fsp3) is 0.647. The van der Waals surface area contributed by atoms with Crippen LogP contribution in [-0.2, 0) is 6.42 Å². The summed E-state index contributed by atoms with van der Waals surface area (Å²) in [4.78, 5) is 0. The van der Waals surface area contributed by atoms with Crippen molar-refractivity contribution in [2.45, 2.75) is 70.8 Å². The first-order valence-corrected chi connectivity index (χ1v) is 8.51. The summed E-state index contributed by atoms with van der Waals surface area (Å²) in [6.45, 7) is 2.23. The normalized spacial score (nSPS) is 12.6. The molecular weight excluding hydrogens is 291 g/mol. The minimum absolute atomic E-state index is 0.318. The van der Waals surface area contributed by atoms with Crippen LogP contribution in [0, 0.1) is 0 Å². The summed E-state index contributed by atoms with van der Waals surface area (Å²) >= 11 is 12.1. The highest BCUT2D eigenvalue weighted by atomic mass is 35.5. The van der Waals surface area contributed by atoms with Crippen molar-refractivity contribution in [1.82, 2.24) is 0 Å². The van der Waals surface area contributed by atoms with Crippen molar-refractivity contribution < 1.29 is 5.11 Å². The zero-order valence-electron chi connectivity index (χ0n) is 12.4. The lowest BCUT2D eigenvalue weighted by Gasteiger charge is -2.12. The molecule has 0 aromatic heterocycles. The molecule has 0 aliphatic heterocycles. The largest absolute Gasteiger partial charge is 0.393 e. The van der Waals surface area contributed by atoms with Gasteiger partial charge < -0.3 is 5.11 Å². The van der Waals surface area contributed by atoms with Crippen molar-refractivity contribution in [2.24, 2.45) is 0 Å². The van der Waals surface area contributed by atoms with Crippen LogP contribution in [0.2, 0.25) is 10.0 Å². The van der Waals surface area contributed by atoms with Gasteiger partial charge in [0.05, 0.1) is 16.1 Å². The lowest BCUT2D eigenvalue weighted by molar-refractivity contribution is 0.161. The predicted molar refractivity (Wildman–Crippen MR) is 88.8 cm³/mol. The van der Waals surface area contributed by atoms with Crippen molar-refractivity contribution in [1.29, 1.82) is 0 Å². The summed E-state index contributed by atoms with van der Waals surface area (Å²) in [6.07, 6.45) is 10.0. The van der Waals surface area contributed by atoms with Crippen LogP contribution < -0.4 is 0 Å². The van der Waals surface area contributed by atoms with Gasteiger partial charge in [0, 0.05) is 0 Å². The molecule has 0 amide bonds. The maximum atomic E-state index is 10.1. The third-order valence-corrected chi connectivity index (χ3v) is 4.49. The molecule has 0 fully saturated rings. The highest BCUT2D eigenvalue weighted by Crippen LogP contribution is 2.27. The highest BCUT2D eigenvalue weighted by Gasteiger charge is 2.10. The molecule has 20 heavy (non-hydrogen) atoms. The molecule has 0 saturated carbocycles. The Morgan fingerprint density at radius 3 is 2.35 bits per heavy atom. The standard InChI is InChI=1S/C17H26Cl2O/c1-2-3-4-5-6-7-8-11-15(20)13-14-10-9-12-16(18)17(14)19/h9-10,12,15,20H,2-8,11,13H2,1H3. The van der Waals surface area contributed by atoms with E-state index in [4.69, 9.17) is 23.2 Å². The lowest BCUT2D eigenvalue weighted by Crippen LogP contribution is -2.10. The van der Waals surface area contributed by atoms with Crippen molar-refractivity contribution in [3.63, 3.8) is 0 Å². The zero-order chi connectivity index (χ0) is 14.8. The van der Waals surface area contributed by atoms with E-state index in [1.165, 1.54) is 38.5 Å². The van der Waals surface area contributed by atoms with Gasteiger partial charge in [-0.2, -0.15) is 0 Å². The van der Waals surface area contributed by atoms with Gasteiger partial charge in [-0.3, -0.25) is 0 Å². The molecular formula is C17H26Cl2O.